The van der Waals surface area contributed by atoms with E-state index in [-0.39, 0.29) is 5.91 Å². The van der Waals surface area contributed by atoms with Crippen LogP contribution in [-0.4, -0.2) is 32.0 Å². The normalized spacial score (nSPS) is 10.1. The fraction of sp³-hybridized carbons (Fsp3) is 0.0952. The van der Waals surface area contributed by atoms with Gasteiger partial charge in [-0.1, -0.05) is 18.2 Å². The van der Waals surface area contributed by atoms with Crippen molar-refractivity contribution in [2.75, 3.05) is 24.9 Å². The van der Waals surface area contributed by atoms with Gasteiger partial charge in [-0.2, -0.15) is 0 Å². The summed E-state index contributed by atoms with van der Waals surface area (Å²) in [6.45, 7) is 0. The van der Waals surface area contributed by atoms with Gasteiger partial charge in [-0.3, -0.25) is 9.59 Å². The van der Waals surface area contributed by atoms with Gasteiger partial charge in [0.2, 0.25) is 0 Å². The Bertz CT molecular complexity index is 1060. The smallest absolute Gasteiger partial charge is 0.348 e. The Morgan fingerprint density at radius 3 is 2.34 bits per heavy atom. The Morgan fingerprint density at radius 2 is 1.59 bits per heavy atom. The predicted octanol–water partition coefficient (Wildman–Crippen LogP) is 4.05. The molecule has 0 fully saturated rings. The molecule has 1 heterocycles. The molecule has 7 nitrogen and oxygen atoms in total. The molecule has 0 saturated carbocycles. The zero-order valence-electron chi connectivity index (χ0n) is 15.7. The van der Waals surface area contributed by atoms with Crippen molar-refractivity contribution >= 4 is 40.5 Å². The molecule has 29 heavy (non-hydrogen) atoms. The number of carbonyl (C=O) groups excluding carboxylic acids is 3. The number of thiophene rings is 1. The van der Waals surface area contributed by atoms with E-state index in [1.165, 1.54) is 19.2 Å². The first-order valence-electron chi connectivity index (χ1n) is 8.55. The molecule has 2 amide bonds. The van der Waals surface area contributed by atoms with Crippen molar-refractivity contribution in [3.63, 3.8) is 0 Å². The van der Waals surface area contributed by atoms with Gasteiger partial charge in [0, 0.05) is 11.8 Å². The first kappa shape index (κ1) is 20.1. The summed E-state index contributed by atoms with van der Waals surface area (Å²) in [6.07, 6.45) is 0. The van der Waals surface area contributed by atoms with Crippen LogP contribution in [0, 0.1) is 0 Å². The molecule has 3 rings (SSSR count). The van der Waals surface area contributed by atoms with Gasteiger partial charge in [0.05, 0.1) is 30.3 Å². The number of para-hydroxylation sites is 1. The molecular weight excluding hydrogens is 392 g/mol. The fourth-order valence-electron chi connectivity index (χ4n) is 2.54. The fourth-order valence-corrected chi connectivity index (χ4v) is 3.36. The van der Waals surface area contributed by atoms with Gasteiger partial charge in [-0.15, -0.1) is 11.3 Å². The van der Waals surface area contributed by atoms with Crippen LogP contribution in [0.4, 0.5) is 11.4 Å². The molecule has 3 aromatic rings. The third-order valence-corrected chi connectivity index (χ3v) is 5.03. The number of hydrogen-bond donors (Lipinski definition) is 2. The molecule has 0 spiro atoms. The number of hydrogen-bond acceptors (Lipinski definition) is 6. The number of benzene rings is 2. The highest BCUT2D eigenvalue weighted by molar-refractivity contribution is 7.16. The third kappa shape index (κ3) is 4.80. The summed E-state index contributed by atoms with van der Waals surface area (Å²) in [5, 5.41) is 5.50. The molecule has 2 N–H and O–H groups in total. The molecule has 0 saturated heterocycles. The highest BCUT2D eigenvalue weighted by Crippen LogP contribution is 2.23. The van der Waals surface area contributed by atoms with Crippen LogP contribution < -0.4 is 15.4 Å². The van der Waals surface area contributed by atoms with Crippen LogP contribution in [0.3, 0.4) is 0 Å². The van der Waals surface area contributed by atoms with Crippen LogP contribution in [0.5, 0.6) is 5.75 Å². The minimum absolute atomic E-state index is 0.299. The number of carbonyl (C=O) groups is 3. The first-order valence-corrected chi connectivity index (χ1v) is 9.37. The van der Waals surface area contributed by atoms with Crippen molar-refractivity contribution in [3.05, 3.63) is 76.0 Å². The van der Waals surface area contributed by atoms with E-state index in [0.717, 1.165) is 11.3 Å². The lowest BCUT2D eigenvalue weighted by Crippen LogP contribution is -2.17. The molecule has 148 valence electrons. The van der Waals surface area contributed by atoms with Gasteiger partial charge in [0.15, 0.2) is 0 Å². The van der Waals surface area contributed by atoms with Crippen LogP contribution in [-0.2, 0) is 4.74 Å². The maximum Gasteiger partial charge on any atom is 0.348 e. The lowest BCUT2D eigenvalue weighted by Gasteiger charge is -2.11. The third-order valence-electron chi connectivity index (χ3n) is 3.96. The molecule has 0 bridgehead atoms. The largest absolute Gasteiger partial charge is 0.497 e. The second-order valence-electron chi connectivity index (χ2n) is 5.84. The molecule has 8 heteroatoms. The number of nitrogens with one attached hydrogen (secondary N) is 2. The minimum Gasteiger partial charge on any atom is -0.497 e. The van der Waals surface area contributed by atoms with E-state index in [1.807, 2.05) is 0 Å². The first-order chi connectivity index (χ1) is 14.0. The van der Waals surface area contributed by atoms with E-state index >= 15 is 0 Å². The standard InChI is InChI=1S/C21H18N2O5S/c1-27-14-7-5-6-13(12-14)22-19(24)15-8-3-4-9-16(15)23-20(25)17-10-11-18(29-17)21(26)28-2/h3-12H,1-2H3,(H,22,24)(H,23,25). The van der Waals surface area contributed by atoms with Crippen molar-refractivity contribution in [3.8, 4) is 5.75 Å². The topological polar surface area (TPSA) is 93.7 Å². The molecular formula is C21H18N2O5S. The maximum atomic E-state index is 12.7. The van der Waals surface area contributed by atoms with Gasteiger partial charge in [0.25, 0.3) is 11.8 Å². The number of ether oxygens (including phenoxy) is 2. The summed E-state index contributed by atoms with van der Waals surface area (Å²) < 4.78 is 9.80. The average Bonchev–Trinajstić information content (AvgIpc) is 3.24. The van der Waals surface area contributed by atoms with E-state index < -0.39 is 11.9 Å². The number of rotatable bonds is 6. The number of anilines is 2. The number of methoxy groups -OCH3 is 2. The molecule has 0 unspecified atom stereocenters. The minimum atomic E-state index is -0.507. The summed E-state index contributed by atoms with van der Waals surface area (Å²) in [4.78, 5) is 37.5. The van der Waals surface area contributed by atoms with E-state index in [0.29, 0.717) is 32.4 Å². The molecule has 0 atom stereocenters. The van der Waals surface area contributed by atoms with Crippen LogP contribution in [0.2, 0.25) is 0 Å². The molecule has 0 aliphatic heterocycles. The van der Waals surface area contributed by atoms with E-state index in [1.54, 1.807) is 55.6 Å². The average molecular weight is 410 g/mol. The summed E-state index contributed by atoms with van der Waals surface area (Å²) in [6, 6.07) is 16.7. The molecule has 2 aromatic carbocycles. The van der Waals surface area contributed by atoms with Gasteiger partial charge in [0.1, 0.15) is 10.6 Å². The molecule has 0 aliphatic carbocycles. The monoisotopic (exact) mass is 410 g/mol. The van der Waals surface area contributed by atoms with Crippen molar-refractivity contribution < 1.29 is 23.9 Å². The molecule has 0 radical (unpaired) electrons. The van der Waals surface area contributed by atoms with E-state index in [9.17, 15) is 14.4 Å². The molecule has 1 aromatic heterocycles. The van der Waals surface area contributed by atoms with Gasteiger partial charge in [-0.05, 0) is 36.4 Å². The number of esters is 1. The zero-order valence-corrected chi connectivity index (χ0v) is 16.5. The summed E-state index contributed by atoms with van der Waals surface area (Å²) in [7, 11) is 2.82. The molecule has 0 aliphatic rings. The summed E-state index contributed by atoms with van der Waals surface area (Å²) >= 11 is 1.01. The summed E-state index contributed by atoms with van der Waals surface area (Å²) in [5.74, 6) is -0.696. The van der Waals surface area contributed by atoms with Crippen LogP contribution >= 0.6 is 11.3 Å². The van der Waals surface area contributed by atoms with Crippen LogP contribution in [0.25, 0.3) is 0 Å². The highest BCUT2D eigenvalue weighted by Gasteiger charge is 2.17. The van der Waals surface area contributed by atoms with Crippen molar-refractivity contribution in [2.45, 2.75) is 0 Å². The van der Waals surface area contributed by atoms with Crippen molar-refractivity contribution in [1.29, 1.82) is 0 Å². The quantitative estimate of drug-likeness (QED) is 0.598. The van der Waals surface area contributed by atoms with Crippen molar-refractivity contribution in [1.82, 2.24) is 0 Å². The van der Waals surface area contributed by atoms with Gasteiger partial charge >= 0.3 is 5.97 Å². The van der Waals surface area contributed by atoms with Crippen molar-refractivity contribution in [2.24, 2.45) is 0 Å². The zero-order chi connectivity index (χ0) is 20.8. The Balaban J connectivity index is 1.77. The van der Waals surface area contributed by atoms with Crippen LogP contribution in [0.1, 0.15) is 29.7 Å². The van der Waals surface area contributed by atoms with Gasteiger partial charge in [-0.25, -0.2) is 4.79 Å². The number of amides is 2. The SMILES string of the molecule is COC(=O)c1ccc(C(=O)Nc2ccccc2C(=O)Nc2cccc(OC)c2)s1. The second kappa shape index (κ2) is 9.03. The Kier molecular flexibility index (Phi) is 6.25. The Labute approximate surface area is 171 Å². The van der Waals surface area contributed by atoms with E-state index in [4.69, 9.17) is 4.74 Å². The predicted molar refractivity (Wildman–Crippen MR) is 111 cm³/mol. The Hall–Kier alpha value is -3.65. The van der Waals surface area contributed by atoms with E-state index in [2.05, 4.69) is 15.4 Å². The lowest BCUT2D eigenvalue weighted by molar-refractivity contribution is 0.0606. The highest BCUT2D eigenvalue weighted by atomic mass is 32.1. The Morgan fingerprint density at radius 1 is 0.828 bits per heavy atom. The second-order valence-corrected chi connectivity index (χ2v) is 6.93. The maximum absolute atomic E-state index is 12.7. The lowest BCUT2D eigenvalue weighted by atomic mass is 10.1. The van der Waals surface area contributed by atoms with Crippen LogP contribution in [0.15, 0.2) is 60.7 Å². The van der Waals surface area contributed by atoms with Gasteiger partial charge < -0.3 is 20.1 Å². The summed E-state index contributed by atoms with van der Waals surface area (Å²) in [5.41, 5.74) is 1.22.